The lowest BCUT2D eigenvalue weighted by Crippen LogP contribution is -2.54. The summed E-state index contributed by atoms with van der Waals surface area (Å²) in [5.74, 6) is -0.436. The van der Waals surface area contributed by atoms with E-state index in [0.717, 1.165) is 0 Å². The molecular weight excluding hydrogens is 507 g/mol. The van der Waals surface area contributed by atoms with Gasteiger partial charge in [0.2, 0.25) is 0 Å². The number of hydrogen-bond donors (Lipinski definition) is 0. The van der Waals surface area contributed by atoms with Crippen molar-refractivity contribution < 1.29 is 13.9 Å². The van der Waals surface area contributed by atoms with Gasteiger partial charge in [-0.1, -0.05) is 44.5 Å². The van der Waals surface area contributed by atoms with Gasteiger partial charge in [-0.25, -0.2) is 14.2 Å². The smallest absolute Gasteiger partial charge is 0.410 e. The van der Waals surface area contributed by atoms with Crippen LogP contribution in [0.15, 0.2) is 41.2 Å². The fourth-order valence-electron chi connectivity index (χ4n) is 4.77. The summed E-state index contributed by atoms with van der Waals surface area (Å²) in [5.41, 5.74) is 0.734. The first-order chi connectivity index (χ1) is 17.6. The first kappa shape index (κ1) is 27.9. The Kier molecular flexibility index (Phi) is 7.49. The maximum absolute atomic E-state index is 14.7. The quantitative estimate of drug-likeness (QED) is 0.386. The number of hydrogen-bond acceptors (Lipinski definition) is 5. The second-order valence-electron chi connectivity index (χ2n) is 12.2. The first-order valence-electron chi connectivity index (χ1n) is 12.9. The second kappa shape index (κ2) is 10.2. The Morgan fingerprint density at radius 3 is 2.42 bits per heavy atom. The van der Waals surface area contributed by atoms with E-state index in [1.807, 2.05) is 48.5 Å². The van der Waals surface area contributed by atoms with Gasteiger partial charge in [0, 0.05) is 49.2 Å². The lowest BCUT2D eigenvalue weighted by Gasteiger charge is -2.41. The maximum Gasteiger partial charge on any atom is 0.410 e. The van der Waals surface area contributed by atoms with Crippen LogP contribution in [0.25, 0.3) is 22.3 Å². The number of anilines is 1. The normalized spacial score (nSPS) is 16.7. The molecule has 4 rings (SSSR count). The van der Waals surface area contributed by atoms with Gasteiger partial charge in [0.15, 0.2) is 0 Å². The summed E-state index contributed by atoms with van der Waals surface area (Å²) in [6.45, 7) is 15.5. The third-order valence-corrected chi connectivity index (χ3v) is 6.65. The van der Waals surface area contributed by atoms with Gasteiger partial charge in [0.25, 0.3) is 5.56 Å². The highest BCUT2D eigenvalue weighted by molar-refractivity contribution is 6.33. The van der Waals surface area contributed by atoms with Crippen LogP contribution in [-0.2, 0) is 11.3 Å². The number of carbonyl (C=O) groups is 1. The third-order valence-electron chi connectivity index (χ3n) is 6.36. The van der Waals surface area contributed by atoms with Gasteiger partial charge in [-0.15, -0.1) is 0 Å². The molecule has 0 N–H and O–H groups in total. The Morgan fingerprint density at radius 1 is 1.13 bits per heavy atom. The van der Waals surface area contributed by atoms with Crippen LogP contribution in [0.4, 0.5) is 14.9 Å². The van der Waals surface area contributed by atoms with Crippen LogP contribution >= 0.6 is 11.6 Å². The van der Waals surface area contributed by atoms with Crippen molar-refractivity contribution in [2.75, 3.05) is 24.5 Å². The molecule has 0 unspecified atom stereocenters. The number of rotatable bonds is 3. The molecular formula is C29H36ClFN4O3. The Hall–Kier alpha value is -3.13. The van der Waals surface area contributed by atoms with Gasteiger partial charge in [-0.2, -0.15) is 0 Å². The topological polar surface area (TPSA) is 67.7 Å². The SMILES string of the molecule is C[C@H]1CN(C(=O)OC(C)(C)C)CCN1c1cc(=O)n(CC(C)(C)C)c2nc(-c3ccccc3F)c(Cl)cc12. The van der Waals surface area contributed by atoms with Crippen molar-refractivity contribution in [2.45, 2.75) is 66.7 Å². The molecule has 1 atom stereocenters. The van der Waals surface area contributed by atoms with Crippen LogP contribution in [0.5, 0.6) is 0 Å². The van der Waals surface area contributed by atoms with E-state index >= 15 is 0 Å². The number of amides is 1. The molecule has 1 aliphatic rings. The summed E-state index contributed by atoms with van der Waals surface area (Å²) in [4.78, 5) is 34.8. The van der Waals surface area contributed by atoms with Crippen molar-refractivity contribution in [1.82, 2.24) is 14.5 Å². The summed E-state index contributed by atoms with van der Waals surface area (Å²) in [6, 6.07) is 9.62. The molecule has 0 radical (unpaired) electrons. The molecule has 204 valence electrons. The average molecular weight is 543 g/mol. The van der Waals surface area contributed by atoms with Crippen LogP contribution in [0, 0.1) is 11.2 Å². The minimum atomic E-state index is -0.580. The molecule has 0 spiro atoms. The molecule has 0 bridgehead atoms. The van der Waals surface area contributed by atoms with Gasteiger partial charge in [-0.3, -0.25) is 9.36 Å². The van der Waals surface area contributed by atoms with E-state index in [1.165, 1.54) is 6.07 Å². The van der Waals surface area contributed by atoms with E-state index < -0.39 is 11.4 Å². The van der Waals surface area contributed by atoms with E-state index in [4.69, 9.17) is 21.3 Å². The Morgan fingerprint density at radius 2 is 1.82 bits per heavy atom. The molecule has 2 aromatic heterocycles. The molecule has 1 amide bonds. The molecule has 38 heavy (non-hydrogen) atoms. The third kappa shape index (κ3) is 5.96. The standard InChI is InChI=1S/C29H36ClFN4O3/c1-18-16-33(27(37)38-29(5,6)7)12-13-34(18)23-15-24(36)35(17-28(2,3)4)26-20(23)14-21(30)25(32-26)19-10-8-9-11-22(19)31/h8-11,14-15,18H,12-13,16-17H2,1-7H3/t18-/m0/s1. The molecule has 1 saturated heterocycles. The van der Waals surface area contributed by atoms with E-state index in [-0.39, 0.29) is 28.7 Å². The number of halogens is 2. The molecule has 0 aliphatic carbocycles. The highest BCUT2D eigenvalue weighted by Gasteiger charge is 2.32. The monoisotopic (exact) mass is 542 g/mol. The molecule has 1 fully saturated rings. The molecule has 1 aliphatic heterocycles. The van der Waals surface area contributed by atoms with Crippen LogP contribution < -0.4 is 10.5 Å². The zero-order chi connectivity index (χ0) is 28.0. The number of fused-ring (bicyclic) bond motifs is 1. The highest BCUT2D eigenvalue weighted by atomic mass is 35.5. The minimum absolute atomic E-state index is 0.0950. The van der Waals surface area contributed by atoms with Gasteiger partial charge < -0.3 is 14.5 Å². The van der Waals surface area contributed by atoms with Gasteiger partial charge in [0.1, 0.15) is 17.1 Å². The zero-order valence-corrected chi connectivity index (χ0v) is 23.9. The number of aromatic nitrogens is 2. The first-order valence-corrected chi connectivity index (χ1v) is 13.3. The summed E-state index contributed by atoms with van der Waals surface area (Å²) in [5, 5.41) is 1.00. The Balaban J connectivity index is 1.82. The summed E-state index contributed by atoms with van der Waals surface area (Å²) >= 11 is 6.70. The Bertz CT molecular complexity index is 1420. The Labute approximate surface area is 228 Å². The summed E-state index contributed by atoms with van der Waals surface area (Å²) < 4.78 is 21.9. The van der Waals surface area contributed by atoms with Crippen molar-refractivity contribution in [2.24, 2.45) is 5.41 Å². The minimum Gasteiger partial charge on any atom is -0.444 e. The zero-order valence-electron chi connectivity index (χ0n) is 23.1. The lowest BCUT2D eigenvalue weighted by molar-refractivity contribution is 0.0219. The van der Waals surface area contributed by atoms with Crippen LogP contribution in [-0.4, -0.2) is 51.8 Å². The molecule has 9 heteroatoms. The predicted octanol–water partition coefficient (Wildman–Crippen LogP) is 6.35. The second-order valence-corrected chi connectivity index (χ2v) is 12.6. The van der Waals surface area contributed by atoms with Crippen molar-refractivity contribution in [3.63, 3.8) is 0 Å². The van der Waals surface area contributed by atoms with Crippen molar-refractivity contribution >= 4 is 34.4 Å². The van der Waals surface area contributed by atoms with Gasteiger partial charge in [-0.05, 0) is 51.3 Å². The maximum atomic E-state index is 14.7. The number of pyridine rings is 2. The number of carbonyl (C=O) groups excluding carboxylic acids is 1. The number of nitrogens with zero attached hydrogens (tertiary/aromatic N) is 4. The summed E-state index contributed by atoms with van der Waals surface area (Å²) in [7, 11) is 0. The number of benzene rings is 1. The fraction of sp³-hybridized carbons (Fsp3) is 0.483. The average Bonchev–Trinajstić information content (AvgIpc) is 2.79. The van der Waals surface area contributed by atoms with E-state index in [2.05, 4.69) is 4.90 Å². The molecule has 3 aromatic rings. The van der Waals surface area contributed by atoms with E-state index in [9.17, 15) is 14.0 Å². The van der Waals surface area contributed by atoms with Crippen LogP contribution in [0.1, 0.15) is 48.5 Å². The molecule has 1 aromatic carbocycles. The molecule has 3 heterocycles. The predicted molar refractivity (Wildman–Crippen MR) is 150 cm³/mol. The summed E-state index contributed by atoms with van der Waals surface area (Å²) in [6.07, 6.45) is -0.353. The van der Waals surface area contributed by atoms with Crippen molar-refractivity contribution in [3.05, 3.63) is 57.6 Å². The van der Waals surface area contributed by atoms with Crippen molar-refractivity contribution in [3.8, 4) is 11.3 Å². The molecule has 7 nitrogen and oxygen atoms in total. The fourth-order valence-corrected chi connectivity index (χ4v) is 5.02. The molecule has 0 saturated carbocycles. The van der Waals surface area contributed by atoms with Gasteiger partial charge in [0.05, 0.1) is 16.4 Å². The highest BCUT2D eigenvalue weighted by Crippen LogP contribution is 2.36. The van der Waals surface area contributed by atoms with Crippen LogP contribution in [0.3, 0.4) is 0 Å². The van der Waals surface area contributed by atoms with Crippen LogP contribution in [0.2, 0.25) is 5.02 Å². The lowest BCUT2D eigenvalue weighted by atomic mass is 9.96. The largest absolute Gasteiger partial charge is 0.444 e. The van der Waals surface area contributed by atoms with E-state index in [1.54, 1.807) is 39.8 Å². The number of ether oxygens (including phenoxy) is 1. The van der Waals surface area contributed by atoms with Gasteiger partial charge >= 0.3 is 6.09 Å². The van der Waals surface area contributed by atoms with Crippen molar-refractivity contribution in [1.29, 1.82) is 0 Å². The van der Waals surface area contributed by atoms with E-state index in [0.29, 0.717) is 53.6 Å². The number of piperazine rings is 1.